The number of hydrogen-bond acceptors (Lipinski definition) is 2. The largest absolute Gasteiger partial charge is 0.335 e. The molecule has 14 heavy (non-hydrogen) atoms. The molecule has 1 aromatic rings. The van der Waals surface area contributed by atoms with Gasteiger partial charge in [-0.3, -0.25) is 10.3 Å². The number of aryl methyl sites for hydroxylation is 1. The van der Waals surface area contributed by atoms with Crippen LogP contribution in [0, 0.1) is 6.92 Å². The van der Waals surface area contributed by atoms with Crippen LogP contribution in [0.5, 0.6) is 0 Å². The average Bonchev–Trinajstić information content (AvgIpc) is 2.21. The highest BCUT2D eigenvalue weighted by Crippen LogP contribution is 2.18. The molecular weight excluding hydrogens is 178 g/mol. The molecule has 0 aliphatic heterocycles. The fourth-order valence-corrected chi connectivity index (χ4v) is 1.37. The van der Waals surface area contributed by atoms with Crippen LogP contribution in [0.2, 0.25) is 0 Å². The maximum absolute atomic E-state index is 11.4. The third-order valence-electron chi connectivity index (χ3n) is 2.09. The average molecular weight is 193 g/mol. The van der Waals surface area contributed by atoms with Crippen molar-refractivity contribution in [2.45, 2.75) is 13.8 Å². The second-order valence-electron chi connectivity index (χ2n) is 2.98. The van der Waals surface area contributed by atoms with Gasteiger partial charge in [0.15, 0.2) is 0 Å². The van der Waals surface area contributed by atoms with E-state index in [-0.39, 0.29) is 6.03 Å². The van der Waals surface area contributed by atoms with Gasteiger partial charge in [0.05, 0.1) is 0 Å². The summed E-state index contributed by atoms with van der Waals surface area (Å²) in [6.45, 7) is 4.46. The summed E-state index contributed by atoms with van der Waals surface area (Å²) in [7, 11) is 0. The minimum absolute atomic E-state index is 0.290. The highest BCUT2D eigenvalue weighted by Gasteiger charge is 2.13. The van der Waals surface area contributed by atoms with Gasteiger partial charge in [-0.05, 0) is 25.5 Å². The number of carbonyl (C=O) groups excluding carboxylic acids is 1. The Bertz CT molecular complexity index is 325. The molecule has 4 heteroatoms. The van der Waals surface area contributed by atoms with E-state index in [1.54, 1.807) is 4.90 Å². The van der Waals surface area contributed by atoms with Gasteiger partial charge in [-0.15, -0.1) is 0 Å². The van der Waals surface area contributed by atoms with Crippen molar-refractivity contribution in [2.75, 3.05) is 11.4 Å². The molecular formula is C10H15N3O. The number of benzene rings is 1. The Labute approximate surface area is 83.7 Å². The summed E-state index contributed by atoms with van der Waals surface area (Å²) >= 11 is 0. The van der Waals surface area contributed by atoms with Gasteiger partial charge in [0.1, 0.15) is 0 Å². The van der Waals surface area contributed by atoms with E-state index < -0.39 is 0 Å². The number of anilines is 1. The number of amides is 2. The van der Waals surface area contributed by atoms with E-state index in [0.717, 1.165) is 11.3 Å². The summed E-state index contributed by atoms with van der Waals surface area (Å²) in [5.74, 6) is 5.09. The molecule has 0 spiro atoms. The Morgan fingerprint density at radius 1 is 1.50 bits per heavy atom. The zero-order chi connectivity index (χ0) is 10.6. The molecule has 0 saturated heterocycles. The molecule has 0 aliphatic rings. The number of urea groups is 1. The quantitative estimate of drug-likeness (QED) is 0.424. The highest BCUT2D eigenvalue weighted by molar-refractivity contribution is 5.92. The smallest absolute Gasteiger partial charge is 0.293 e. The molecule has 2 amide bonds. The van der Waals surface area contributed by atoms with Gasteiger partial charge in [0, 0.05) is 12.2 Å². The first-order valence-electron chi connectivity index (χ1n) is 4.54. The van der Waals surface area contributed by atoms with Gasteiger partial charge < -0.3 is 0 Å². The number of para-hydroxylation sites is 1. The predicted octanol–water partition coefficient (Wildman–Crippen LogP) is 1.40. The molecule has 0 aromatic heterocycles. The highest BCUT2D eigenvalue weighted by atomic mass is 16.2. The van der Waals surface area contributed by atoms with Crippen LogP contribution in [0.25, 0.3) is 0 Å². The molecule has 0 unspecified atom stereocenters. The van der Waals surface area contributed by atoms with Gasteiger partial charge in [-0.2, -0.15) is 0 Å². The Morgan fingerprint density at radius 2 is 2.14 bits per heavy atom. The summed E-state index contributed by atoms with van der Waals surface area (Å²) in [6.07, 6.45) is 0. The first-order valence-corrected chi connectivity index (χ1v) is 4.54. The van der Waals surface area contributed by atoms with E-state index >= 15 is 0 Å². The molecule has 0 bridgehead atoms. The van der Waals surface area contributed by atoms with Crippen LogP contribution in [-0.2, 0) is 0 Å². The lowest BCUT2D eigenvalue weighted by molar-refractivity contribution is 0.247. The van der Waals surface area contributed by atoms with E-state index in [1.165, 1.54) is 0 Å². The summed E-state index contributed by atoms with van der Waals surface area (Å²) in [6, 6.07) is 7.40. The number of nitrogens with one attached hydrogen (secondary N) is 1. The molecule has 76 valence electrons. The second kappa shape index (κ2) is 4.62. The Balaban J connectivity index is 3.01. The molecule has 1 rings (SSSR count). The van der Waals surface area contributed by atoms with Crippen LogP contribution in [-0.4, -0.2) is 12.6 Å². The van der Waals surface area contributed by atoms with Gasteiger partial charge in [0.2, 0.25) is 0 Å². The lowest BCUT2D eigenvalue weighted by Crippen LogP contribution is -2.43. The molecule has 0 radical (unpaired) electrons. The lowest BCUT2D eigenvalue weighted by Gasteiger charge is -2.21. The number of rotatable bonds is 2. The maximum Gasteiger partial charge on any atom is 0.335 e. The summed E-state index contributed by atoms with van der Waals surface area (Å²) < 4.78 is 0. The number of hydrogen-bond donors (Lipinski definition) is 2. The van der Waals surface area contributed by atoms with E-state index in [0.29, 0.717) is 6.54 Å². The molecule has 0 heterocycles. The first-order chi connectivity index (χ1) is 6.70. The van der Waals surface area contributed by atoms with Gasteiger partial charge >= 0.3 is 6.03 Å². The Hall–Kier alpha value is -1.55. The molecule has 4 nitrogen and oxygen atoms in total. The molecule has 3 N–H and O–H groups in total. The minimum Gasteiger partial charge on any atom is -0.293 e. The zero-order valence-electron chi connectivity index (χ0n) is 8.45. The molecule has 0 atom stereocenters. The third-order valence-corrected chi connectivity index (χ3v) is 2.09. The van der Waals surface area contributed by atoms with E-state index in [9.17, 15) is 4.79 Å². The van der Waals surface area contributed by atoms with Gasteiger partial charge in [-0.1, -0.05) is 18.2 Å². The minimum atomic E-state index is -0.290. The van der Waals surface area contributed by atoms with Crippen molar-refractivity contribution in [1.29, 1.82) is 0 Å². The van der Waals surface area contributed by atoms with E-state index in [2.05, 4.69) is 5.43 Å². The topological polar surface area (TPSA) is 58.4 Å². The van der Waals surface area contributed by atoms with Crippen LogP contribution in [0.4, 0.5) is 10.5 Å². The summed E-state index contributed by atoms with van der Waals surface area (Å²) in [5, 5.41) is 0. The lowest BCUT2D eigenvalue weighted by atomic mass is 10.2. The number of nitrogens with zero attached hydrogens (tertiary/aromatic N) is 1. The van der Waals surface area contributed by atoms with Crippen LogP contribution in [0.3, 0.4) is 0 Å². The van der Waals surface area contributed by atoms with Crippen molar-refractivity contribution >= 4 is 11.7 Å². The van der Waals surface area contributed by atoms with Crippen molar-refractivity contribution < 1.29 is 4.79 Å². The monoisotopic (exact) mass is 193 g/mol. The van der Waals surface area contributed by atoms with Crippen molar-refractivity contribution in [3.8, 4) is 0 Å². The van der Waals surface area contributed by atoms with Crippen LogP contribution in [0.15, 0.2) is 24.3 Å². The van der Waals surface area contributed by atoms with Gasteiger partial charge in [-0.25, -0.2) is 10.6 Å². The first kappa shape index (κ1) is 10.5. The van der Waals surface area contributed by atoms with Gasteiger partial charge in [0.25, 0.3) is 0 Å². The summed E-state index contributed by atoms with van der Waals surface area (Å²) in [4.78, 5) is 13.0. The SMILES string of the molecule is CCN(C(=O)NN)c1ccccc1C. The van der Waals surface area contributed by atoms with Crippen LogP contribution < -0.4 is 16.2 Å². The Morgan fingerprint density at radius 3 is 2.64 bits per heavy atom. The normalized spacial score (nSPS) is 9.64. The third kappa shape index (κ3) is 2.03. The van der Waals surface area contributed by atoms with Crippen molar-refractivity contribution in [3.05, 3.63) is 29.8 Å². The standard InChI is InChI=1S/C10H15N3O/c1-3-13(10(14)12-11)9-7-5-4-6-8(9)2/h4-7H,3,11H2,1-2H3,(H,12,14). The Kier molecular flexibility index (Phi) is 3.48. The maximum atomic E-state index is 11.4. The fourth-order valence-electron chi connectivity index (χ4n) is 1.37. The van der Waals surface area contributed by atoms with Crippen molar-refractivity contribution in [1.82, 2.24) is 5.43 Å². The number of nitrogens with two attached hydrogens (primary N) is 1. The van der Waals surface area contributed by atoms with Crippen molar-refractivity contribution in [3.63, 3.8) is 0 Å². The molecule has 0 aliphatic carbocycles. The summed E-state index contributed by atoms with van der Waals surface area (Å²) in [5.41, 5.74) is 4.07. The van der Waals surface area contributed by atoms with E-state index in [4.69, 9.17) is 5.84 Å². The predicted molar refractivity (Wildman–Crippen MR) is 56.9 cm³/mol. The second-order valence-corrected chi connectivity index (χ2v) is 2.98. The fraction of sp³-hybridized carbons (Fsp3) is 0.300. The number of carbonyl (C=O) groups is 1. The molecule has 0 fully saturated rings. The van der Waals surface area contributed by atoms with Crippen LogP contribution in [0.1, 0.15) is 12.5 Å². The van der Waals surface area contributed by atoms with Crippen molar-refractivity contribution in [2.24, 2.45) is 5.84 Å². The van der Waals surface area contributed by atoms with E-state index in [1.807, 2.05) is 38.1 Å². The number of hydrazine groups is 1. The molecule has 0 saturated carbocycles. The zero-order valence-corrected chi connectivity index (χ0v) is 8.45. The van der Waals surface area contributed by atoms with Crippen LogP contribution >= 0.6 is 0 Å². The molecule has 1 aromatic carbocycles.